The van der Waals surface area contributed by atoms with Gasteiger partial charge in [0.15, 0.2) is 0 Å². The highest BCUT2D eigenvalue weighted by atomic mass is 16.6. The van der Waals surface area contributed by atoms with Crippen molar-refractivity contribution in [1.29, 1.82) is 0 Å². The van der Waals surface area contributed by atoms with Crippen LogP contribution >= 0.6 is 0 Å². The zero-order valence-electron chi connectivity index (χ0n) is 8.45. The molecule has 1 rings (SSSR count). The van der Waals surface area contributed by atoms with Crippen LogP contribution in [0.2, 0.25) is 0 Å². The molecule has 0 radical (unpaired) electrons. The molecule has 76 valence electrons. The maximum atomic E-state index is 5.26. The van der Waals surface area contributed by atoms with Crippen LogP contribution in [0.3, 0.4) is 0 Å². The highest BCUT2D eigenvalue weighted by Gasteiger charge is 2.01. The summed E-state index contributed by atoms with van der Waals surface area (Å²) < 4.78 is 0. The molecule has 3 N–H and O–H groups in total. The lowest BCUT2D eigenvalue weighted by molar-refractivity contribution is 0.213. The van der Waals surface area contributed by atoms with Crippen molar-refractivity contribution in [2.75, 3.05) is 12.5 Å². The van der Waals surface area contributed by atoms with Gasteiger partial charge in [0.05, 0.1) is 5.71 Å². The molecule has 0 amide bonds. The minimum absolute atomic E-state index is 0.837. The Bertz CT molecular complexity index is 306. The van der Waals surface area contributed by atoms with Crippen LogP contribution in [-0.2, 0) is 4.84 Å². The van der Waals surface area contributed by atoms with Crippen molar-refractivity contribution < 1.29 is 4.84 Å². The summed E-state index contributed by atoms with van der Waals surface area (Å²) in [4.78, 5) is 4.75. The fourth-order valence-corrected chi connectivity index (χ4v) is 1.19. The third-order valence-corrected chi connectivity index (χ3v) is 1.92. The van der Waals surface area contributed by atoms with E-state index in [0.717, 1.165) is 23.4 Å². The van der Waals surface area contributed by atoms with E-state index in [-0.39, 0.29) is 0 Å². The number of nitrogens with one attached hydrogen (secondary N) is 1. The summed E-state index contributed by atoms with van der Waals surface area (Å²) in [5, 5.41) is 3.93. The van der Waals surface area contributed by atoms with E-state index in [0.29, 0.717) is 0 Å². The molecule has 4 heteroatoms. The Labute approximate surface area is 83.7 Å². The van der Waals surface area contributed by atoms with Crippen molar-refractivity contribution in [2.24, 2.45) is 11.0 Å². The Morgan fingerprint density at radius 1 is 1.43 bits per heavy atom. The average molecular weight is 193 g/mol. The first kappa shape index (κ1) is 10.5. The molecule has 1 aromatic carbocycles. The summed E-state index contributed by atoms with van der Waals surface area (Å²) >= 11 is 0. The first-order valence-electron chi connectivity index (χ1n) is 4.49. The lowest BCUT2D eigenvalue weighted by atomic mass is 10.1. The summed E-state index contributed by atoms with van der Waals surface area (Å²) in [6, 6.07) is 7.71. The second kappa shape index (κ2) is 5.24. The molecule has 1 aromatic rings. The fourth-order valence-electron chi connectivity index (χ4n) is 1.19. The monoisotopic (exact) mass is 193 g/mol. The van der Waals surface area contributed by atoms with Gasteiger partial charge < -0.3 is 10.3 Å². The van der Waals surface area contributed by atoms with Crippen LogP contribution < -0.4 is 11.3 Å². The first-order valence-corrected chi connectivity index (χ1v) is 4.49. The van der Waals surface area contributed by atoms with E-state index in [4.69, 9.17) is 10.7 Å². The number of nitrogens with zero attached hydrogens (tertiary/aromatic N) is 1. The smallest absolute Gasteiger partial charge is 0.106 e. The predicted octanol–water partition coefficient (Wildman–Crippen LogP) is 1.73. The van der Waals surface area contributed by atoms with E-state index in [1.807, 2.05) is 31.2 Å². The fraction of sp³-hybridized carbons (Fsp3) is 0.300. The van der Waals surface area contributed by atoms with E-state index in [1.165, 1.54) is 0 Å². The van der Waals surface area contributed by atoms with Gasteiger partial charge in [-0.15, -0.1) is 0 Å². The number of hydrogen-bond donors (Lipinski definition) is 2. The quantitative estimate of drug-likeness (QED) is 0.435. The standard InChI is InChI=1S/C10H15N3O/c1-3-10(13-14-2)8-4-6-9(12-11)7-5-8/h4-7,12H,3,11H2,1-2H3. The lowest BCUT2D eigenvalue weighted by Crippen LogP contribution is -2.07. The molecule has 4 nitrogen and oxygen atoms in total. The molecule has 0 aliphatic carbocycles. The zero-order valence-corrected chi connectivity index (χ0v) is 8.45. The predicted molar refractivity (Wildman–Crippen MR) is 58.1 cm³/mol. The third kappa shape index (κ3) is 2.47. The van der Waals surface area contributed by atoms with Crippen molar-refractivity contribution in [3.05, 3.63) is 29.8 Å². The highest BCUT2D eigenvalue weighted by Crippen LogP contribution is 2.10. The van der Waals surface area contributed by atoms with Gasteiger partial charge in [0.1, 0.15) is 7.11 Å². The molecule has 0 bridgehead atoms. The van der Waals surface area contributed by atoms with E-state index < -0.39 is 0 Å². The molecule has 0 atom stereocenters. The molecule has 0 aromatic heterocycles. The molecular formula is C10H15N3O. The lowest BCUT2D eigenvalue weighted by Gasteiger charge is -2.04. The van der Waals surface area contributed by atoms with Gasteiger partial charge in [-0.05, 0) is 24.1 Å². The summed E-state index contributed by atoms with van der Waals surface area (Å²) in [5.41, 5.74) is 5.42. The normalized spacial score (nSPS) is 11.2. The Balaban J connectivity index is 2.89. The minimum atomic E-state index is 0.837. The third-order valence-electron chi connectivity index (χ3n) is 1.92. The van der Waals surface area contributed by atoms with Crippen molar-refractivity contribution in [3.8, 4) is 0 Å². The Morgan fingerprint density at radius 2 is 2.07 bits per heavy atom. The van der Waals surface area contributed by atoms with Crippen molar-refractivity contribution in [2.45, 2.75) is 13.3 Å². The molecule has 0 saturated heterocycles. The number of hydrogen-bond acceptors (Lipinski definition) is 4. The minimum Gasteiger partial charge on any atom is -0.399 e. The van der Waals surface area contributed by atoms with Gasteiger partial charge in [-0.25, -0.2) is 0 Å². The number of anilines is 1. The van der Waals surface area contributed by atoms with E-state index in [1.54, 1.807) is 7.11 Å². The SMILES string of the molecule is CCC(=NOC)c1ccc(NN)cc1. The van der Waals surface area contributed by atoms with Gasteiger partial charge in [0.2, 0.25) is 0 Å². The second-order valence-corrected chi connectivity index (χ2v) is 2.80. The van der Waals surface area contributed by atoms with Crippen LogP contribution in [0, 0.1) is 0 Å². The van der Waals surface area contributed by atoms with Crippen molar-refractivity contribution in [1.82, 2.24) is 0 Å². The molecule has 14 heavy (non-hydrogen) atoms. The highest BCUT2D eigenvalue weighted by molar-refractivity contribution is 6.00. The van der Waals surface area contributed by atoms with Gasteiger partial charge in [-0.1, -0.05) is 24.2 Å². The Morgan fingerprint density at radius 3 is 2.50 bits per heavy atom. The number of benzene rings is 1. The van der Waals surface area contributed by atoms with Gasteiger partial charge in [0, 0.05) is 5.69 Å². The molecule has 0 heterocycles. The second-order valence-electron chi connectivity index (χ2n) is 2.80. The summed E-state index contributed by atoms with van der Waals surface area (Å²) in [5.74, 6) is 5.26. The molecule has 0 spiro atoms. The number of rotatable bonds is 4. The van der Waals surface area contributed by atoms with Crippen LogP contribution in [0.25, 0.3) is 0 Å². The van der Waals surface area contributed by atoms with Gasteiger partial charge in [-0.2, -0.15) is 0 Å². The van der Waals surface area contributed by atoms with Crippen LogP contribution in [0.15, 0.2) is 29.4 Å². The number of nitrogen functional groups attached to an aromatic ring is 1. The number of oxime groups is 1. The maximum Gasteiger partial charge on any atom is 0.106 e. The van der Waals surface area contributed by atoms with Crippen molar-refractivity contribution >= 4 is 11.4 Å². The number of nitrogens with two attached hydrogens (primary N) is 1. The van der Waals surface area contributed by atoms with Crippen LogP contribution in [-0.4, -0.2) is 12.8 Å². The Hall–Kier alpha value is -1.55. The summed E-state index contributed by atoms with van der Waals surface area (Å²) in [6.07, 6.45) is 0.837. The van der Waals surface area contributed by atoms with Gasteiger partial charge >= 0.3 is 0 Å². The molecule has 0 unspecified atom stereocenters. The number of hydrazine groups is 1. The topological polar surface area (TPSA) is 59.6 Å². The molecular weight excluding hydrogens is 178 g/mol. The maximum absolute atomic E-state index is 5.26. The molecule has 0 fully saturated rings. The van der Waals surface area contributed by atoms with Gasteiger partial charge in [0.25, 0.3) is 0 Å². The van der Waals surface area contributed by atoms with E-state index in [2.05, 4.69) is 10.6 Å². The van der Waals surface area contributed by atoms with E-state index in [9.17, 15) is 0 Å². The first-order chi connectivity index (χ1) is 6.81. The molecule has 0 aliphatic rings. The van der Waals surface area contributed by atoms with Crippen LogP contribution in [0.1, 0.15) is 18.9 Å². The average Bonchev–Trinajstić information content (AvgIpc) is 2.26. The summed E-state index contributed by atoms with van der Waals surface area (Å²) in [6.45, 7) is 2.03. The van der Waals surface area contributed by atoms with E-state index >= 15 is 0 Å². The van der Waals surface area contributed by atoms with Crippen LogP contribution in [0.5, 0.6) is 0 Å². The van der Waals surface area contributed by atoms with Gasteiger partial charge in [-0.3, -0.25) is 5.84 Å². The van der Waals surface area contributed by atoms with Crippen LogP contribution in [0.4, 0.5) is 5.69 Å². The van der Waals surface area contributed by atoms with Crippen molar-refractivity contribution in [3.63, 3.8) is 0 Å². The Kier molecular flexibility index (Phi) is 3.94. The largest absolute Gasteiger partial charge is 0.399 e. The molecule has 0 aliphatic heterocycles. The zero-order chi connectivity index (χ0) is 10.4. The molecule has 0 saturated carbocycles. The summed E-state index contributed by atoms with van der Waals surface area (Å²) in [7, 11) is 1.55.